The van der Waals surface area contributed by atoms with Crippen LogP contribution in [0.4, 0.5) is 0 Å². The molecule has 3 aliphatic rings. The third-order valence-corrected chi connectivity index (χ3v) is 6.42. The van der Waals surface area contributed by atoms with Crippen molar-refractivity contribution in [2.75, 3.05) is 0 Å². The SMILES string of the molecule is O=C1C[C@H]2CC[C@H]3C(=O)CCC[C@@H]([C@@H]23)[C@@H]1Cc1ccccc1. The van der Waals surface area contributed by atoms with Gasteiger partial charge in [0.1, 0.15) is 11.6 Å². The number of hydrogen-bond donors (Lipinski definition) is 0. The Bertz CT molecular complexity index is 577. The summed E-state index contributed by atoms with van der Waals surface area (Å²) < 4.78 is 0. The molecule has 1 aromatic carbocycles. The second-order valence-corrected chi connectivity index (χ2v) is 7.51. The predicted molar refractivity (Wildman–Crippen MR) is 85.3 cm³/mol. The van der Waals surface area contributed by atoms with Gasteiger partial charge in [0.05, 0.1) is 0 Å². The molecule has 0 heterocycles. The van der Waals surface area contributed by atoms with Crippen LogP contribution in [0.1, 0.15) is 44.1 Å². The van der Waals surface area contributed by atoms with Crippen LogP contribution < -0.4 is 0 Å². The molecule has 3 aliphatic carbocycles. The fourth-order valence-electron chi connectivity index (χ4n) is 5.51. The van der Waals surface area contributed by atoms with Gasteiger partial charge in [-0.3, -0.25) is 9.59 Å². The Morgan fingerprint density at radius 3 is 2.59 bits per heavy atom. The number of Topliss-reactive ketones (excluding diaryl/α,β-unsaturated/α-hetero) is 2. The summed E-state index contributed by atoms with van der Waals surface area (Å²) >= 11 is 0. The van der Waals surface area contributed by atoms with Crippen LogP contribution >= 0.6 is 0 Å². The first-order chi connectivity index (χ1) is 10.7. The third-order valence-electron chi connectivity index (χ3n) is 6.42. The van der Waals surface area contributed by atoms with Gasteiger partial charge in [-0.05, 0) is 55.4 Å². The highest BCUT2D eigenvalue weighted by Gasteiger charge is 2.52. The normalized spacial score (nSPS) is 37.7. The van der Waals surface area contributed by atoms with Crippen LogP contribution in [-0.2, 0) is 16.0 Å². The Balaban J connectivity index is 1.64. The van der Waals surface area contributed by atoms with E-state index in [9.17, 15) is 9.59 Å². The first kappa shape index (κ1) is 14.2. The maximum absolute atomic E-state index is 12.8. The highest BCUT2D eigenvalue weighted by atomic mass is 16.1. The summed E-state index contributed by atoms with van der Waals surface area (Å²) in [5.74, 6) is 2.82. The van der Waals surface area contributed by atoms with Crippen molar-refractivity contribution in [3.05, 3.63) is 35.9 Å². The molecule has 3 saturated carbocycles. The smallest absolute Gasteiger partial charge is 0.136 e. The minimum Gasteiger partial charge on any atom is -0.299 e. The monoisotopic (exact) mass is 296 g/mol. The van der Waals surface area contributed by atoms with E-state index < -0.39 is 0 Å². The molecule has 0 N–H and O–H groups in total. The van der Waals surface area contributed by atoms with Crippen LogP contribution in [0.5, 0.6) is 0 Å². The fraction of sp³-hybridized carbons (Fsp3) is 0.600. The predicted octanol–water partition coefficient (Wildman–Crippen LogP) is 3.83. The molecule has 0 amide bonds. The molecule has 0 unspecified atom stereocenters. The summed E-state index contributed by atoms with van der Waals surface area (Å²) in [6.45, 7) is 0. The van der Waals surface area contributed by atoms with Crippen molar-refractivity contribution in [3.63, 3.8) is 0 Å². The van der Waals surface area contributed by atoms with Crippen molar-refractivity contribution in [2.45, 2.75) is 44.9 Å². The van der Waals surface area contributed by atoms with Gasteiger partial charge in [-0.15, -0.1) is 0 Å². The second kappa shape index (κ2) is 5.64. The average Bonchev–Trinajstić information content (AvgIpc) is 2.86. The van der Waals surface area contributed by atoms with Gasteiger partial charge in [0.15, 0.2) is 0 Å². The Labute approximate surface area is 132 Å². The lowest BCUT2D eigenvalue weighted by molar-refractivity contribution is -0.133. The molecule has 3 fully saturated rings. The van der Waals surface area contributed by atoms with Crippen molar-refractivity contribution >= 4 is 11.6 Å². The van der Waals surface area contributed by atoms with E-state index >= 15 is 0 Å². The van der Waals surface area contributed by atoms with E-state index in [2.05, 4.69) is 24.3 Å². The van der Waals surface area contributed by atoms with Crippen LogP contribution in [0.2, 0.25) is 0 Å². The summed E-state index contributed by atoms with van der Waals surface area (Å²) in [6.07, 6.45) is 6.54. The van der Waals surface area contributed by atoms with Crippen molar-refractivity contribution in [1.82, 2.24) is 0 Å². The molecule has 0 spiro atoms. The Morgan fingerprint density at radius 1 is 0.955 bits per heavy atom. The van der Waals surface area contributed by atoms with E-state index in [4.69, 9.17) is 0 Å². The van der Waals surface area contributed by atoms with Crippen LogP contribution in [-0.4, -0.2) is 11.6 Å². The van der Waals surface area contributed by atoms with Crippen LogP contribution in [0.3, 0.4) is 0 Å². The third kappa shape index (κ3) is 2.33. The minimum atomic E-state index is 0.148. The van der Waals surface area contributed by atoms with E-state index in [1.807, 2.05) is 6.07 Å². The number of carbonyl (C=O) groups excluding carboxylic acids is 2. The van der Waals surface area contributed by atoms with Gasteiger partial charge < -0.3 is 0 Å². The number of ketones is 2. The topological polar surface area (TPSA) is 34.1 Å². The van der Waals surface area contributed by atoms with Gasteiger partial charge in [0.25, 0.3) is 0 Å². The zero-order chi connectivity index (χ0) is 15.1. The number of benzene rings is 1. The first-order valence-corrected chi connectivity index (χ1v) is 8.83. The summed E-state index contributed by atoms with van der Waals surface area (Å²) in [7, 11) is 0. The van der Waals surface area contributed by atoms with Gasteiger partial charge >= 0.3 is 0 Å². The summed E-state index contributed by atoms with van der Waals surface area (Å²) in [6, 6.07) is 10.4. The molecule has 1 aromatic rings. The Hall–Kier alpha value is -1.44. The highest BCUT2D eigenvalue weighted by molar-refractivity contribution is 5.86. The molecule has 0 aliphatic heterocycles. The van der Waals surface area contributed by atoms with Crippen LogP contribution in [0, 0.1) is 29.6 Å². The van der Waals surface area contributed by atoms with Gasteiger partial charge in [-0.2, -0.15) is 0 Å². The zero-order valence-electron chi connectivity index (χ0n) is 13.0. The van der Waals surface area contributed by atoms with E-state index in [0.717, 1.165) is 44.9 Å². The number of carbonyl (C=O) groups is 2. The van der Waals surface area contributed by atoms with E-state index in [1.165, 1.54) is 5.56 Å². The quantitative estimate of drug-likeness (QED) is 0.831. The molecular weight excluding hydrogens is 272 g/mol. The van der Waals surface area contributed by atoms with Crippen LogP contribution in [0.15, 0.2) is 30.3 Å². The zero-order valence-corrected chi connectivity index (χ0v) is 13.0. The molecule has 0 bridgehead atoms. The molecule has 2 heteroatoms. The molecule has 22 heavy (non-hydrogen) atoms. The van der Waals surface area contributed by atoms with Gasteiger partial charge in [-0.1, -0.05) is 30.3 Å². The van der Waals surface area contributed by atoms with Gasteiger partial charge in [0, 0.05) is 24.7 Å². The lowest BCUT2D eigenvalue weighted by atomic mass is 9.63. The Morgan fingerprint density at radius 2 is 1.77 bits per heavy atom. The molecule has 5 atom stereocenters. The van der Waals surface area contributed by atoms with E-state index in [1.54, 1.807) is 0 Å². The molecule has 0 aromatic heterocycles. The maximum Gasteiger partial charge on any atom is 0.136 e. The highest BCUT2D eigenvalue weighted by Crippen LogP contribution is 2.53. The number of rotatable bonds is 2. The lowest BCUT2D eigenvalue weighted by Crippen LogP contribution is -2.42. The molecular formula is C20H24O2. The molecule has 0 radical (unpaired) electrons. The van der Waals surface area contributed by atoms with Crippen molar-refractivity contribution in [3.8, 4) is 0 Å². The van der Waals surface area contributed by atoms with Gasteiger partial charge in [-0.25, -0.2) is 0 Å². The fourth-order valence-corrected chi connectivity index (χ4v) is 5.51. The molecule has 116 valence electrons. The largest absolute Gasteiger partial charge is 0.299 e. The minimum absolute atomic E-state index is 0.148. The average molecular weight is 296 g/mol. The lowest BCUT2D eigenvalue weighted by Gasteiger charge is -2.40. The molecule has 4 rings (SSSR count). The van der Waals surface area contributed by atoms with Gasteiger partial charge in [0.2, 0.25) is 0 Å². The summed E-state index contributed by atoms with van der Waals surface area (Å²) in [5, 5.41) is 0. The van der Waals surface area contributed by atoms with Crippen molar-refractivity contribution < 1.29 is 9.59 Å². The standard InChI is InChI=1S/C20H24O2/c21-18-8-4-7-15-17(11-13-5-2-1-3-6-13)19(22)12-14-9-10-16(18)20(14)15/h1-3,5-6,14-17,20H,4,7-12H2/t14-,15-,16+,17+,20-/m1/s1. The van der Waals surface area contributed by atoms with Crippen molar-refractivity contribution in [2.24, 2.45) is 29.6 Å². The number of hydrogen-bond acceptors (Lipinski definition) is 2. The van der Waals surface area contributed by atoms with Crippen LogP contribution in [0.25, 0.3) is 0 Å². The van der Waals surface area contributed by atoms with E-state index in [-0.39, 0.29) is 11.8 Å². The van der Waals surface area contributed by atoms with E-state index in [0.29, 0.717) is 29.3 Å². The first-order valence-electron chi connectivity index (χ1n) is 8.83. The van der Waals surface area contributed by atoms with Crippen molar-refractivity contribution in [1.29, 1.82) is 0 Å². The molecule has 2 nitrogen and oxygen atoms in total. The maximum atomic E-state index is 12.8. The summed E-state index contributed by atoms with van der Waals surface area (Å²) in [5.41, 5.74) is 1.27. The molecule has 0 saturated heterocycles. The Kier molecular flexibility index (Phi) is 3.63. The summed E-state index contributed by atoms with van der Waals surface area (Å²) in [4.78, 5) is 25.1. The second-order valence-electron chi connectivity index (χ2n) is 7.51.